The van der Waals surface area contributed by atoms with Crippen molar-refractivity contribution in [2.24, 2.45) is 5.92 Å². The number of aromatic amines is 1. The second kappa shape index (κ2) is 9.03. The van der Waals surface area contributed by atoms with Crippen molar-refractivity contribution in [3.63, 3.8) is 0 Å². The highest BCUT2D eigenvalue weighted by atomic mass is 32.2. The first-order chi connectivity index (χ1) is 15.3. The van der Waals surface area contributed by atoms with Gasteiger partial charge >= 0.3 is 18.1 Å². The number of carbonyl (C=O) groups is 2. The van der Waals surface area contributed by atoms with Crippen LogP contribution in [0.3, 0.4) is 0 Å². The summed E-state index contributed by atoms with van der Waals surface area (Å²) in [5.41, 5.74) is 1.45. The molecule has 4 rings (SSSR count). The lowest BCUT2D eigenvalue weighted by Crippen LogP contribution is -2.28. The summed E-state index contributed by atoms with van der Waals surface area (Å²) in [6, 6.07) is 15.0. The van der Waals surface area contributed by atoms with Crippen molar-refractivity contribution in [1.82, 2.24) is 15.4 Å². The Labute approximate surface area is 184 Å². The molecule has 1 fully saturated rings. The molecule has 0 amide bonds. The van der Waals surface area contributed by atoms with Crippen molar-refractivity contribution in [1.29, 1.82) is 0 Å². The first kappa shape index (κ1) is 21.9. The summed E-state index contributed by atoms with van der Waals surface area (Å²) in [6.45, 7) is 0.718. The van der Waals surface area contributed by atoms with Gasteiger partial charge in [0.15, 0.2) is 10.7 Å². The van der Waals surface area contributed by atoms with Crippen molar-refractivity contribution >= 4 is 23.7 Å². The van der Waals surface area contributed by atoms with E-state index >= 15 is 0 Å². The van der Waals surface area contributed by atoms with Gasteiger partial charge in [0.2, 0.25) is 0 Å². The molecule has 1 aromatic heterocycles. The summed E-state index contributed by atoms with van der Waals surface area (Å²) >= 11 is 0.986. The average Bonchev–Trinajstić information content (AvgIpc) is 3.49. The zero-order valence-electron chi connectivity index (χ0n) is 16.4. The van der Waals surface area contributed by atoms with Crippen LogP contribution < -0.4 is 4.74 Å². The van der Waals surface area contributed by atoms with Crippen LogP contribution in [0.1, 0.15) is 23.3 Å². The van der Waals surface area contributed by atoms with Gasteiger partial charge in [-0.1, -0.05) is 41.2 Å². The van der Waals surface area contributed by atoms with E-state index in [1.54, 1.807) is 12.1 Å². The second-order valence-corrected chi connectivity index (χ2v) is 8.14. The maximum atomic E-state index is 12.3. The van der Waals surface area contributed by atoms with Crippen molar-refractivity contribution < 1.29 is 32.2 Å². The molecule has 0 unspecified atom stereocenters. The van der Waals surface area contributed by atoms with Gasteiger partial charge in [0.25, 0.3) is 0 Å². The van der Waals surface area contributed by atoms with Gasteiger partial charge in [0.1, 0.15) is 5.75 Å². The summed E-state index contributed by atoms with van der Waals surface area (Å²) < 4.78 is 46.5. The summed E-state index contributed by atoms with van der Waals surface area (Å²) in [4.78, 5) is 23.4. The molecule has 7 nitrogen and oxygen atoms in total. The Morgan fingerprint density at radius 3 is 2.53 bits per heavy atom. The highest BCUT2D eigenvalue weighted by Gasteiger charge is 2.43. The number of nitrogens with zero attached hydrogens (tertiary/aromatic N) is 2. The molecule has 3 aromatic rings. The monoisotopic (exact) mass is 463 g/mol. The van der Waals surface area contributed by atoms with E-state index in [0.29, 0.717) is 10.8 Å². The lowest BCUT2D eigenvalue weighted by atomic mass is 10.1. The number of esters is 2. The summed E-state index contributed by atoms with van der Waals surface area (Å²) in [5.74, 6) is -2.67. The minimum atomic E-state index is -5.29. The fourth-order valence-electron chi connectivity index (χ4n) is 2.71. The van der Waals surface area contributed by atoms with E-state index in [2.05, 4.69) is 20.1 Å². The third-order valence-electron chi connectivity index (χ3n) is 4.56. The normalized spacial score (nSPS) is 13.6. The zero-order valence-corrected chi connectivity index (χ0v) is 17.2. The molecule has 0 radical (unpaired) electrons. The number of halogens is 3. The van der Waals surface area contributed by atoms with Crippen LogP contribution in [0.4, 0.5) is 13.2 Å². The standard InChI is InChI=1S/C21H16F3N3O4S/c22-21(23,24)20(29)31-19(28)17-18(26-27-25-17)32-16-8-6-13(7-9-16)14-2-1-3-15(10-14)30-11-12-4-5-12/h1-3,6-10,12H,4-5,11H2,(H,25,26,27). The molecule has 0 bridgehead atoms. The Kier molecular flexibility index (Phi) is 6.17. The lowest BCUT2D eigenvalue weighted by Gasteiger charge is -2.08. The number of ether oxygens (including phenoxy) is 2. The quantitative estimate of drug-likeness (QED) is 0.402. The molecule has 0 spiro atoms. The molecule has 1 saturated carbocycles. The highest BCUT2D eigenvalue weighted by molar-refractivity contribution is 7.99. The Balaban J connectivity index is 1.43. The van der Waals surface area contributed by atoms with Crippen LogP contribution in [0.15, 0.2) is 58.5 Å². The van der Waals surface area contributed by atoms with Crippen LogP contribution in [0, 0.1) is 5.92 Å². The number of aromatic nitrogens is 3. The molecule has 166 valence electrons. The molecule has 11 heteroatoms. The number of benzene rings is 2. The average molecular weight is 463 g/mol. The Morgan fingerprint density at radius 2 is 1.84 bits per heavy atom. The van der Waals surface area contributed by atoms with Gasteiger partial charge in [0.05, 0.1) is 6.61 Å². The maximum absolute atomic E-state index is 12.3. The molecule has 0 saturated heterocycles. The largest absolute Gasteiger partial charge is 0.493 e. The van der Waals surface area contributed by atoms with Crippen LogP contribution in [0.25, 0.3) is 11.1 Å². The Morgan fingerprint density at radius 1 is 1.09 bits per heavy atom. The van der Waals surface area contributed by atoms with Crippen molar-refractivity contribution in [2.75, 3.05) is 6.61 Å². The molecule has 0 atom stereocenters. The van der Waals surface area contributed by atoms with Gasteiger partial charge in [-0.25, -0.2) is 14.7 Å². The lowest BCUT2D eigenvalue weighted by molar-refractivity contribution is -0.193. The van der Waals surface area contributed by atoms with Crippen molar-refractivity contribution in [2.45, 2.75) is 28.9 Å². The summed E-state index contributed by atoms with van der Waals surface area (Å²) in [5, 5.41) is 9.24. The molecule has 0 aliphatic heterocycles. The number of H-pyrrole nitrogens is 1. The molecular weight excluding hydrogens is 447 g/mol. The van der Waals surface area contributed by atoms with Crippen LogP contribution in [-0.4, -0.2) is 40.1 Å². The first-order valence-electron chi connectivity index (χ1n) is 9.55. The predicted octanol–water partition coefficient (Wildman–Crippen LogP) is 4.66. The SMILES string of the molecule is O=C(OC(=O)C(F)(F)F)c1[nH]nnc1Sc1ccc(-c2cccc(OCC3CC3)c2)cc1. The zero-order chi connectivity index (χ0) is 22.7. The summed E-state index contributed by atoms with van der Waals surface area (Å²) in [7, 11) is 0. The summed E-state index contributed by atoms with van der Waals surface area (Å²) in [6.07, 6.45) is -2.86. The van der Waals surface area contributed by atoms with E-state index in [-0.39, 0.29) is 5.03 Å². The number of hydrogen-bond donors (Lipinski definition) is 1. The van der Waals surface area contributed by atoms with Crippen LogP contribution in [0.5, 0.6) is 5.75 Å². The van der Waals surface area contributed by atoms with Crippen molar-refractivity contribution in [3.05, 3.63) is 54.2 Å². The third-order valence-corrected chi connectivity index (χ3v) is 5.54. The number of carbonyl (C=O) groups excluding carboxylic acids is 2. The highest BCUT2D eigenvalue weighted by Crippen LogP contribution is 2.33. The third kappa shape index (κ3) is 5.47. The molecule has 2 aromatic carbocycles. The Bertz CT molecular complexity index is 1130. The van der Waals surface area contributed by atoms with Crippen LogP contribution in [-0.2, 0) is 9.53 Å². The van der Waals surface area contributed by atoms with E-state index in [4.69, 9.17) is 4.74 Å². The fraction of sp³-hybridized carbons (Fsp3) is 0.238. The molecule has 1 aliphatic carbocycles. The number of alkyl halides is 3. The Hall–Kier alpha value is -3.34. The topological polar surface area (TPSA) is 94.2 Å². The van der Waals surface area contributed by atoms with Crippen LogP contribution in [0.2, 0.25) is 0 Å². The molecule has 1 heterocycles. The van der Waals surface area contributed by atoms with Gasteiger partial charge in [-0.3, -0.25) is 0 Å². The maximum Gasteiger partial charge on any atom is 0.491 e. The number of nitrogens with one attached hydrogen (secondary N) is 1. The van der Waals surface area contributed by atoms with Gasteiger partial charge in [-0.15, -0.1) is 5.10 Å². The van der Waals surface area contributed by atoms with E-state index in [1.165, 1.54) is 12.8 Å². The number of hydrogen-bond acceptors (Lipinski definition) is 7. The minimum absolute atomic E-state index is 0.0202. The second-order valence-electron chi connectivity index (χ2n) is 7.08. The molecule has 1 N–H and O–H groups in total. The van der Waals surface area contributed by atoms with E-state index in [9.17, 15) is 22.8 Å². The van der Waals surface area contributed by atoms with E-state index in [0.717, 1.165) is 35.2 Å². The van der Waals surface area contributed by atoms with E-state index in [1.807, 2.05) is 36.4 Å². The number of rotatable bonds is 7. The van der Waals surface area contributed by atoms with Gasteiger partial charge in [-0.2, -0.15) is 13.2 Å². The first-order valence-corrected chi connectivity index (χ1v) is 10.4. The van der Waals surface area contributed by atoms with Gasteiger partial charge in [-0.05, 0) is 54.2 Å². The minimum Gasteiger partial charge on any atom is -0.493 e. The molecular formula is C21H16F3N3O4S. The fourth-order valence-corrected chi connectivity index (χ4v) is 3.51. The predicted molar refractivity (Wildman–Crippen MR) is 107 cm³/mol. The van der Waals surface area contributed by atoms with Gasteiger partial charge < -0.3 is 9.47 Å². The smallest absolute Gasteiger partial charge is 0.491 e. The molecule has 1 aliphatic rings. The van der Waals surface area contributed by atoms with Crippen molar-refractivity contribution in [3.8, 4) is 16.9 Å². The van der Waals surface area contributed by atoms with E-state index < -0.39 is 23.8 Å². The van der Waals surface area contributed by atoms with Crippen LogP contribution >= 0.6 is 11.8 Å². The van der Waals surface area contributed by atoms with Gasteiger partial charge in [0, 0.05) is 4.90 Å². The molecule has 32 heavy (non-hydrogen) atoms.